The van der Waals surface area contributed by atoms with E-state index in [9.17, 15) is 18.0 Å². The minimum absolute atomic E-state index is 0.121. The van der Waals surface area contributed by atoms with Crippen LogP contribution in [0, 0.1) is 0 Å². The fraction of sp³-hybridized carbons (Fsp3) is 0.261. The van der Waals surface area contributed by atoms with Gasteiger partial charge in [-0.05, 0) is 65.8 Å². The summed E-state index contributed by atoms with van der Waals surface area (Å²) in [6.45, 7) is 0.434. The van der Waals surface area contributed by atoms with Gasteiger partial charge in [-0.25, -0.2) is 0 Å². The smallest absolute Gasteiger partial charge is 0.368 e. The summed E-state index contributed by atoms with van der Waals surface area (Å²) in [6, 6.07) is 10.1. The summed E-state index contributed by atoms with van der Waals surface area (Å²) in [6.07, 6.45) is 3.29. The number of rotatable bonds is 9. The van der Waals surface area contributed by atoms with Crippen molar-refractivity contribution in [2.75, 3.05) is 6.54 Å². The van der Waals surface area contributed by atoms with Crippen molar-refractivity contribution < 1.29 is 18.0 Å². The number of carbonyl (C=O) groups is 1. The SMILES string of the molecule is NC(=O)C(NCCc1ccncc1)c1ccc(C(F)(F)F)c(CCc2cccnc2)c1. The molecule has 0 aliphatic rings. The van der Waals surface area contributed by atoms with Crippen molar-refractivity contribution in [3.8, 4) is 0 Å². The molecule has 1 unspecified atom stereocenters. The molecule has 162 valence electrons. The zero-order valence-electron chi connectivity index (χ0n) is 16.8. The molecular weight excluding hydrogens is 405 g/mol. The van der Waals surface area contributed by atoms with E-state index in [1.165, 1.54) is 12.1 Å². The van der Waals surface area contributed by atoms with E-state index in [1.54, 1.807) is 30.9 Å². The molecule has 0 radical (unpaired) electrons. The second kappa shape index (κ2) is 10.2. The number of primary amides is 1. The summed E-state index contributed by atoms with van der Waals surface area (Å²) in [5.41, 5.74) is 7.23. The first kappa shape index (κ1) is 22.4. The van der Waals surface area contributed by atoms with Gasteiger partial charge in [0.05, 0.1) is 5.56 Å². The predicted molar refractivity (Wildman–Crippen MR) is 111 cm³/mol. The lowest BCUT2D eigenvalue weighted by molar-refractivity contribution is -0.138. The molecule has 3 N–H and O–H groups in total. The number of pyridine rings is 2. The van der Waals surface area contributed by atoms with Gasteiger partial charge in [0.1, 0.15) is 6.04 Å². The summed E-state index contributed by atoms with van der Waals surface area (Å²) in [7, 11) is 0. The Morgan fingerprint density at radius 3 is 2.39 bits per heavy atom. The number of alkyl halides is 3. The zero-order valence-corrected chi connectivity index (χ0v) is 16.8. The molecular formula is C23H23F3N4O. The van der Waals surface area contributed by atoms with E-state index in [4.69, 9.17) is 5.73 Å². The van der Waals surface area contributed by atoms with Crippen LogP contribution in [-0.4, -0.2) is 22.4 Å². The predicted octanol–water partition coefficient (Wildman–Crippen LogP) is 3.64. The molecule has 2 heterocycles. The Kier molecular flexibility index (Phi) is 7.36. The Bertz CT molecular complexity index is 995. The molecule has 3 aromatic rings. The topological polar surface area (TPSA) is 80.9 Å². The van der Waals surface area contributed by atoms with Crippen molar-refractivity contribution in [3.63, 3.8) is 0 Å². The minimum atomic E-state index is -4.49. The third kappa shape index (κ3) is 6.36. The average molecular weight is 428 g/mol. The minimum Gasteiger partial charge on any atom is -0.368 e. The fourth-order valence-corrected chi connectivity index (χ4v) is 3.39. The number of halogens is 3. The van der Waals surface area contributed by atoms with Crippen LogP contribution in [0.4, 0.5) is 13.2 Å². The Morgan fingerprint density at radius 1 is 0.968 bits per heavy atom. The van der Waals surface area contributed by atoms with Crippen LogP contribution in [0.1, 0.15) is 33.9 Å². The number of carbonyl (C=O) groups excluding carboxylic acids is 1. The standard InChI is InChI=1S/C23H23F3N4O/c24-23(25,26)20-6-5-19(14-18(20)4-3-17-2-1-10-29-15-17)21(22(27)31)30-13-9-16-7-11-28-12-8-16/h1-2,5-8,10-12,14-15,21,30H,3-4,9,13H2,(H2,27,31). The van der Waals surface area contributed by atoms with Crippen LogP contribution in [-0.2, 0) is 30.2 Å². The molecule has 0 bridgehead atoms. The number of aromatic nitrogens is 2. The van der Waals surface area contributed by atoms with Gasteiger partial charge in [-0.3, -0.25) is 14.8 Å². The number of nitrogens with one attached hydrogen (secondary N) is 1. The number of nitrogens with two attached hydrogens (primary N) is 1. The normalized spacial score (nSPS) is 12.5. The molecule has 0 fully saturated rings. The van der Waals surface area contributed by atoms with Crippen molar-refractivity contribution in [1.82, 2.24) is 15.3 Å². The van der Waals surface area contributed by atoms with Gasteiger partial charge in [-0.15, -0.1) is 0 Å². The van der Waals surface area contributed by atoms with Gasteiger partial charge in [-0.2, -0.15) is 13.2 Å². The summed E-state index contributed by atoms with van der Waals surface area (Å²) in [5.74, 6) is -0.646. The fourth-order valence-electron chi connectivity index (χ4n) is 3.39. The Morgan fingerprint density at radius 2 is 1.74 bits per heavy atom. The van der Waals surface area contributed by atoms with E-state index < -0.39 is 23.7 Å². The molecule has 1 atom stereocenters. The highest BCUT2D eigenvalue weighted by Crippen LogP contribution is 2.34. The molecule has 1 amide bonds. The molecule has 2 aromatic heterocycles. The maximum Gasteiger partial charge on any atom is 0.416 e. The number of amides is 1. The Labute approximate surface area is 178 Å². The maximum atomic E-state index is 13.5. The van der Waals surface area contributed by atoms with Crippen LogP contribution in [0.3, 0.4) is 0 Å². The zero-order chi connectivity index (χ0) is 22.3. The van der Waals surface area contributed by atoms with Crippen LogP contribution >= 0.6 is 0 Å². The van der Waals surface area contributed by atoms with Gasteiger partial charge in [0.2, 0.25) is 5.91 Å². The molecule has 0 aliphatic heterocycles. The highest BCUT2D eigenvalue weighted by Gasteiger charge is 2.33. The molecule has 5 nitrogen and oxygen atoms in total. The molecule has 8 heteroatoms. The molecule has 1 aromatic carbocycles. The van der Waals surface area contributed by atoms with E-state index in [1.807, 2.05) is 18.2 Å². The van der Waals surface area contributed by atoms with E-state index in [-0.39, 0.29) is 12.0 Å². The summed E-state index contributed by atoms with van der Waals surface area (Å²) in [4.78, 5) is 20.0. The first-order valence-corrected chi connectivity index (χ1v) is 9.85. The third-order valence-electron chi connectivity index (χ3n) is 4.97. The average Bonchev–Trinajstić information content (AvgIpc) is 2.75. The lowest BCUT2D eigenvalue weighted by Gasteiger charge is -2.19. The molecule has 0 saturated heterocycles. The largest absolute Gasteiger partial charge is 0.416 e. The monoisotopic (exact) mass is 428 g/mol. The van der Waals surface area contributed by atoms with Crippen molar-refractivity contribution in [3.05, 3.63) is 95.1 Å². The van der Waals surface area contributed by atoms with Gasteiger partial charge in [0.25, 0.3) is 0 Å². The van der Waals surface area contributed by atoms with Gasteiger partial charge in [0, 0.05) is 31.3 Å². The van der Waals surface area contributed by atoms with E-state index in [0.29, 0.717) is 24.9 Å². The van der Waals surface area contributed by atoms with Gasteiger partial charge < -0.3 is 11.1 Å². The summed E-state index contributed by atoms with van der Waals surface area (Å²) < 4.78 is 40.6. The van der Waals surface area contributed by atoms with E-state index >= 15 is 0 Å². The lowest BCUT2D eigenvalue weighted by atomic mass is 9.94. The molecule has 0 aliphatic carbocycles. The molecule has 0 saturated carbocycles. The Hall–Kier alpha value is -3.26. The number of hydrogen-bond donors (Lipinski definition) is 2. The van der Waals surface area contributed by atoms with Crippen molar-refractivity contribution in [2.45, 2.75) is 31.5 Å². The van der Waals surface area contributed by atoms with Gasteiger partial charge in [-0.1, -0.05) is 18.2 Å². The summed E-state index contributed by atoms with van der Waals surface area (Å²) >= 11 is 0. The first-order chi connectivity index (χ1) is 14.8. The number of hydrogen-bond acceptors (Lipinski definition) is 4. The molecule has 0 spiro atoms. The first-order valence-electron chi connectivity index (χ1n) is 9.85. The lowest BCUT2D eigenvalue weighted by Crippen LogP contribution is -2.35. The maximum absolute atomic E-state index is 13.5. The van der Waals surface area contributed by atoms with Crippen molar-refractivity contribution >= 4 is 5.91 Å². The number of nitrogens with zero attached hydrogens (tertiary/aromatic N) is 2. The molecule has 31 heavy (non-hydrogen) atoms. The number of benzene rings is 1. The van der Waals surface area contributed by atoms with Gasteiger partial charge >= 0.3 is 6.18 Å². The van der Waals surface area contributed by atoms with Crippen LogP contribution < -0.4 is 11.1 Å². The highest BCUT2D eigenvalue weighted by molar-refractivity contribution is 5.81. The molecule has 3 rings (SSSR count). The van der Waals surface area contributed by atoms with Gasteiger partial charge in [0.15, 0.2) is 0 Å². The van der Waals surface area contributed by atoms with E-state index in [0.717, 1.165) is 17.2 Å². The summed E-state index contributed by atoms with van der Waals surface area (Å²) in [5, 5.41) is 3.06. The van der Waals surface area contributed by atoms with E-state index in [2.05, 4.69) is 15.3 Å². The quantitative estimate of drug-likeness (QED) is 0.545. The third-order valence-corrected chi connectivity index (χ3v) is 4.97. The second-order valence-corrected chi connectivity index (χ2v) is 7.17. The Balaban J connectivity index is 1.79. The second-order valence-electron chi connectivity index (χ2n) is 7.17. The number of aryl methyl sites for hydroxylation is 2. The van der Waals surface area contributed by atoms with Crippen LogP contribution in [0.5, 0.6) is 0 Å². The van der Waals surface area contributed by atoms with Crippen LogP contribution in [0.2, 0.25) is 0 Å². The highest BCUT2D eigenvalue weighted by atomic mass is 19.4. The van der Waals surface area contributed by atoms with Crippen LogP contribution in [0.15, 0.2) is 67.3 Å². The van der Waals surface area contributed by atoms with Crippen LogP contribution in [0.25, 0.3) is 0 Å². The van der Waals surface area contributed by atoms with Crippen molar-refractivity contribution in [1.29, 1.82) is 0 Å². The van der Waals surface area contributed by atoms with Crippen molar-refractivity contribution in [2.24, 2.45) is 5.73 Å².